The van der Waals surface area contributed by atoms with Gasteiger partial charge in [0.05, 0.1) is 129 Å². The van der Waals surface area contributed by atoms with E-state index in [0.717, 1.165) is 190 Å². The molecule has 0 saturated heterocycles. The molecule has 11 aromatic heterocycles. The molecular formula is C111H66N16O. The zero-order valence-corrected chi connectivity index (χ0v) is 68.2. The molecule has 0 aliphatic carbocycles. The Kier molecular flexibility index (Phi) is 15.4. The van der Waals surface area contributed by atoms with Gasteiger partial charge in [-0.05, 0) is 229 Å². The minimum atomic E-state index is 0.739. The molecule has 0 fully saturated rings. The van der Waals surface area contributed by atoms with Crippen molar-refractivity contribution in [1.29, 1.82) is 0 Å². The Morgan fingerprint density at radius 3 is 0.930 bits per heavy atom. The first-order valence-electron chi connectivity index (χ1n) is 42.7. The number of benzene rings is 18. The van der Waals surface area contributed by atoms with Crippen molar-refractivity contribution in [2.24, 2.45) is 0 Å². The van der Waals surface area contributed by atoms with Crippen LogP contribution < -0.4 is 0 Å². The third-order valence-electron chi connectivity index (χ3n) is 25.4. The van der Waals surface area contributed by atoms with Crippen LogP contribution >= 0.6 is 0 Å². The molecule has 29 rings (SSSR count). The SMILES string of the molecule is c1ccc(-n2c3ccccc3c3cc(-c4ccc5c(c4)n4c6ccccc6nc4n5-c4cnc5ccccc5n4)ccc32)cc1.c1ccc2nc(-n3c4ccc(-c5ccc6c7ccccc7c7ccccc7c6c5)cc4n4c5ccccc5nc34)cnc2c1.c1ccc2nc(-n3c4ccc(-c5ccc6oc7ccccc7c6c5)cc4n4c5ccccc5nc34)cnc2c1. The molecule has 0 aliphatic rings. The standard InChI is InChI=1S/C39H24N6.C39H23N5.C33H19N5O/c1-2-10-27(11-3-1)43-33-16-8-4-12-28(33)29-22-25(18-20-34(29)43)26-19-21-36-37(23-26)44-35-17-9-7-15-32(35)42-39(44)45(36)38-24-40-30-13-5-6-14-31(30)41-38;1-2-11-28-26(9-1)27-10-3-4-12-29(27)31-21-24(17-19-30(28)31)25-18-20-36-37(22-25)43-35-16-8-7-15-34(35)42-39(43)44(36)38-23-40-32-13-5-6-14-33(32)41-38;1-6-12-30-22(7-1)23-17-20(14-16-31(23)39-30)21-13-15-28-29(18-21)37-27-11-5-4-10-26(27)36-33(37)38(28)32-19-34-24-8-2-3-9-25(24)35-32/h1-24H;1-23H;1-19H. The van der Waals surface area contributed by atoms with E-state index in [-0.39, 0.29) is 0 Å². The van der Waals surface area contributed by atoms with Crippen LogP contribution in [0.2, 0.25) is 0 Å². The molecule has 0 amide bonds. The second kappa shape index (κ2) is 27.8. The minimum absolute atomic E-state index is 0.739. The molecule has 0 spiro atoms. The van der Waals surface area contributed by atoms with Crippen LogP contribution in [0.15, 0.2) is 405 Å². The lowest BCUT2D eigenvalue weighted by Gasteiger charge is -2.12. The highest BCUT2D eigenvalue weighted by Crippen LogP contribution is 2.43. The smallest absolute Gasteiger partial charge is 0.221 e. The largest absolute Gasteiger partial charge is 0.456 e. The van der Waals surface area contributed by atoms with E-state index < -0.39 is 0 Å². The maximum Gasteiger partial charge on any atom is 0.221 e. The molecular weight excluding hydrogens is 1570 g/mol. The molecule has 11 heterocycles. The summed E-state index contributed by atoms with van der Waals surface area (Å²) in [4.78, 5) is 44.3. The lowest BCUT2D eigenvalue weighted by molar-refractivity contribution is 0.669. The molecule has 0 aliphatic heterocycles. The van der Waals surface area contributed by atoms with Gasteiger partial charge in [0.25, 0.3) is 0 Å². The quantitative estimate of drug-likeness (QED) is 0.140. The molecule has 0 bridgehead atoms. The van der Waals surface area contributed by atoms with Gasteiger partial charge in [0.15, 0.2) is 17.5 Å². The summed E-state index contributed by atoms with van der Waals surface area (Å²) in [5.74, 6) is 4.67. The topological polar surface area (TPSA) is 162 Å². The Labute approximate surface area is 726 Å². The van der Waals surface area contributed by atoms with E-state index in [1.165, 1.54) is 59.7 Å². The molecule has 17 nitrogen and oxygen atoms in total. The van der Waals surface area contributed by atoms with Gasteiger partial charge in [0.2, 0.25) is 17.3 Å². The number of aromatic nitrogens is 16. The van der Waals surface area contributed by atoms with Crippen molar-refractivity contribution in [3.05, 3.63) is 401 Å². The Morgan fingerprint density at radius 2 is 0.477 bits per heavy atom. The highest BCUT2D eigenvalue weighted by molar-refractivity contribution is 6.26. The van der Waals surface area contributed by atoms with Gasteiger partial charge in [-0.3, -0.25) is 41.9 Å². The van der Waals surface area contributed by atoms with Crippen molar-refractivity contribution in [2.45, 2.75) is 0 Å². The first-order valence-corrected chi connectivity index (χ1v) is 42.7. The second-order valence-corrected chi connectivity index (χ2v) is 32.6. The third-order valence-corrected chi connectivity index (χ3v) is 25.4. The van der Waals surface area contributed by atoms with Crippen LogP contribution in [0.25, 0.3) is 249 Å². The summed E-state index contributed by atoms with van der Waals surface area (Å²) in [5, 5.41) is 12.4. The highest BCUT2D eigenvalue weighted by Gasteiger charge is 2.26. The van der Waals surface area contributed by atoms with Gasteiger partial charge in [-0.1, -0.05) is 218 Å². The molecule has 29 aromatic rings. The number of para-hydroxylation sites is 15. The van der Waals surface area contributed by atoms with E-state index >= 15 is 0 Å². The predicted octanol–water partition coefficient (Wildman–Crippen LogP) is 26.6. The van der Waals surface area contributed by atoms with Crippen molar-refractivity contribution in [3.8, 4) is 56.5 Å². The molecule has 0 radical (unpaired) electrons. The monoisotopic (exact) mass is 1640 g/mol. The van der Waals surface area contributed by atoms with Gasteiger partial charge in [0.1, 0.15) is 11.2 Å². The van der Waals surface area contributed by atoms with Gasteiger partial charge in [-0.2, -0.15) is 0 Å². The Balaban J connectivity index is 0.0000000995. The number of fused-ring (bicyclic) bond motifs is 30. The lowest BCUT2D eigenvalue weighted by Crippen LogP contribution is -2.00. The average Bonchev–Trinajstić information content (AvgIpc) is 1.55. The second-order valence-electron chi connectivity index (χ2n) is 32.6. The maximum absolute atomic E-state index is 6.06. The highest BCUT2D eigenvalue weighted by atomic mass is 16.3. The summed E-state index contributed by atoms with van der Waals surface area (Å²) >= 11 is 0. The zero-order valence-electron chi connectivity index (χ0n) is 68.2. The van der Waals surface area contributed by atoms with Crippen molar-refractivity contribution < 1.29 is 4.42 Å². The molecule has 17 heteroatoms. The van der Waals surface area contributed by atoms with Gasteiger partial charge in [-0.25, -0.2) is 29.9 Å². The van der Waals surface area contributed by atoms with Gasteiger partial charge in [-0.15, -0.1) is 0 Å². The summed E-state index contributed by atoms with van der Waals surface area (Å²) in [6.07, 6.45) is 5.51. The zero-order chi connectivity index (χ0) is 83.8. The van der Waals surface area contributed by atoms with Crippen LogP contribution in [0.4, 0.5) is 0 Å². The van der Waals surface area contributed by atoms with Crippen LogP contribution in [0.1, 0.15) is 0 Å². The molecule has 0 atom stereocenters. The van der Waals surface area contributed by atoms with Gasteiger partial charge < -0.3 is 8.98 Å². The Hall–Kier alpha value is -17.8. The molecule has 596 valence electrons. The number of furan rings is 1. The summed E-state index contributed by atoms with van der Waals surface area (Å²) in [6.45, 7) is 0. The fourth-order valence-electron chi connectivity index (χ4n) is 19.6. The van der Waals surface area contributed by atoms with Crippen LogP contribution in [0.5, 0.6) is 0 Å². The van der Waals surface area contributed by atoms with Crippen molar-refractivity contribution in [2.75, 3.05) is 0 Å². The van der Waals surface area contributed by atoms with Crippen molar-refractivity contribution >= 4 is 193 Å². The molecule has 0 N–H and O–H groups in total. The van der Waals surface area contributed by atoms with E-state index in [4.69, 9.17) is 44.3 Å². The van der Waals surface area contributed by atoms with E-state index in [0.29, 0.717) is 0 Å². The summed E-state index contributed by atoms with van der Waals surface area (Å²) in [7, 11) is 0. The van der Waals surface area contributed by atoms with Crippen LogP contribution in [-0.4, -0.2) is 76.3 Å². The summed E-state index contributed by atoms with van der Waals surface area (Å²) in [5.41, 5.74) is 29.7. The fraction of sp³-hybridized carbons (Fsp3) is 0. The fourth-order valence-corrected chi connectivity index (χ4v) is 19.6. The molecule has 0 saturated carbocycles. The molecule has 0 unspecified atom stereocenters. The van der Waals surface area contributed by atoms with E-state index in [1.807, 2.05) is 128 Å². The average molecular weight is 1640 g/mol. The van der Waals surface area contributed by atoms with Crippen LogP contribution in [0, 0.1) is 0 Å². The molecule has 18 aromatic carbocycles. The Morgan fingerprint density at radius 1 is 0.172 bits per heavy atom. The molecule has 128 heavy (non-hydrogen) atoms. The summed E-state index contributed by atoms with van der Waals surface area (Å²) < 4.78 is 21.5. The number of hydrogen-bond acceptors (Lipinski definition) is 10. The predicted molar refractivity (Wildman–Crippen MR) is 518 cm³/mol. The number of hydrogen-bond donors (Lipinski definition) is 0. The number of rotatable bonds is 7. The first-order chi connectivity index (χ1) is 63.4. The van der Waals surface area contributed by atoms with Gasteiger partial charge in [0, 0.05) is 27.2 Å². The maximum atomic E-state index is 6.06. The van der Waals surface area contributed by atoms with E-state index in [1.54, 1.807) is 0 Å². The first kappa shape index (κ1) is 70.8. The van der Waals surface area contributed by atoms with Crippen molar-refractivity contribution in [3.63, 3.8) is 0 Å². The normalized spacial score (nSPS) is 12.1. The number of nitrogens with zero attached hydrogens (tertiary/aromatic N) is 16. The van der Waals surface area contributed by atoms with Crippen LogP contribution in [-0.2, 0) is 0 Å². The number of imidazole rings is 6. The third kappa shape index (κ3) is 10.9. The lowest BCUT2D eigenvalue weighted by atomic mass is 9.92. The van der Waals surface area contributed by atoms with Gasteiger partial charge >= 0.3 is 0 Å². The summed E-state index contributed by atoms with van der Waals surface area (Å²) in [6, 6.07) is 134. The van der Waals surface area contributed by atoms with E-state index in [2.05, 4.69) is 309 Å². The Bertz CT molecular complexity index is 9690. The van der Waals surface area contributed by atoms with Crippen LogP contribution in [0.3, 0.4) is 0 Å². The van der Waals surface area contributed by atoms with E-state index in [9.17, 15) is 0 Å². The minimum Gasteiger partial charge on any atom is -0.456 e. The van der Waals surface area contributed by atoms with Crippen molar-refractivity contribution in [1.82, 2.24) is 76.3 Å².